The standard InChI is InChI=1S/C23H19N3O2/c1-16(19-14-8-9-15-20(19)27)25-26-23-24-21(17-10-4-2-5-11-17)22(28-23)18-12-6-3-7-13-18/h2-15,27H,1H3,(H,24,26)/b25-16+. The van der Waals surface area contributed by atoms with E-state index in [2.05, 4.69) is 15.5 Å². The summed E-state index contributed by atoms with van der Waals surface area (Å²) in [4.78, 5) is 4.60. The Hall–Kier alpha value is -3.86. The highest BCUT2D eigenvalue weighted by Gasteiger charge is 2.16. The Morgan fingerprint density at radius 2 is 1.46 bits per heavy atom. The van der Waals surface area contributed by atoms with E-state index in [1.165, 1.54) is 0 Å². The average Bonchev–Trinajstić information content (AvgIpc) is 3.18. The molecule has 138 valence electrons. The number of para-hydroxylation sites is 1. The van der Waals surface area contributed by atoms with Crippen molar-refractivity contribution in [3.63, 3.8) is 0 Å². The molecule has 0 bridgehead atoms. The van der Waals surface area contributed by atoms with E-state index in [0.29, 0.717) is 17.0 Å². The number of aromatic hydroxyl groups is 1. The molecule has 28 heavy (non-hydrogen) atoms. The number of phenolic OH excluding ortho intramolecular Hbond substituents is 1. The maximum atomic E-state index is 9.98. The van der Waals surface area contributed by atoms with E-state index >= 15 is 0 Å². The third kappa shape index (κ3) is 3.64. The van der Waals surface area contributed by atoms with Crippen molar-refractivity contribution in [2.75, 3.05) is 5.43 Å². The van der Waals surface area contributed by atoms with E-state index < -0.39 is 0 Å². The van der Waals surface area contributed by atoms with Gasteiger partial charge in [0, 0.05) is 16.7 Å². The Labute approximate surface area is 163 Å². The molecule has 5 nitrogen and oxygen atoms in total. The molecule has 0 radical (unpaired) electrons. The Morgan fingerprint density at radius 3 is 2.14 bits per heavy atom. The van der Waals surface area contributed by atoms with Gasteiger partial charge in [-0.1, -0.05) is 72.8 Å². The van der Waals surface area contributed by atoms with Gasteiger partial charge in [-0.05, 0) is 19.1 Å². The summed E-state index contributed by atoms with van der Waals surface area (Å²) in [5.74, 6) is 0.845. The maximum Gasteiger partial charge on any atom is 0.316 e. The number of aromatic nitrogens is 1. The third-order valence-corrected chi connectivity index (χ3v) is 4.32. The fourth-order valence-electron chi connectivity index (χ4n) is 2.92. The summed E-state index contributed by atoms with van der Waals surface area (Å²) < 4.78 is 5.98. The summed E-state index contributed by atoms with van der Waals surface area (Å²) in [7, 11) is 0. The molecular formula is C23H19N3O2. The molecule has 5 heteroatoms. The molecule has 0 saturated carbocycles. The smallest absolute Gasteiger partial charge is 0.316 e. The number of anilines is 1. The molecule has 0 fully saturated rings. The van der Waals surface area contributed by atoms with Gasteiger partial charge in [0.2, 0.25) is 0 Å². The highest BCUT2D eigenvalue weighted by molar-refractivity contribution is 6.01. The van der Waals surface area contributed by atoms with E-state index in [0.717, 1.165) is 16.8 Å². The molecule has 4 aromatic rings. The Balaban J connectivity index is 1.70. The van der Waals surface area contributed by atoms with Crippen LogP contribution < -0.4 is 5.43 Å². The molecule has 1 aromatic heterocycles. The second kappa shape index (κ2) is 7.80. The molecule has 0 amide bonds. The van der Waals surface area contributed by atoms with Gasteiger partial charge in [-0.2, -0.15) is 10.1 Å². The number of phenols is 1. The highest BCUT2D eigenvalue weighted by Crippen LogP contribution is 2.34. The number of oxazole rings is 1. The summed E-state index contributed by atoms with van der Waals surface area (Å²) >= 11 is 0. The molecule has 0 aliphatic rings. The van der Waals surface area contributed by atoms with Crippen molar-refractivity contribution in [1.82, 2.24) is 4.98 Å². The Kier molecular flexibility index (Phi) is 4.89. The molecule has 1 heterocycles. The largest absolute Gasteiger partial charge is 0.507 e. The van der Waals surface area contributed by atoms with Crippen LogP contribution in [0, 0.1) is 0 Å². The van der Waals surface area contributed by atoms with E-state index in [1.54, 1.807) is 25.1 Å². The van der Waals surface area contributed by atoms with E-state index in [4.69, 9.17) is 4.42 Å². The molecule has 0 saturated heterocycles. The van der Waals surface area contributed by atoms with Crippen molar-refractivity contribution < 1.29 is 9.52 Å². The van der Waals surface area contributed by atoms with Crippen molar-refractivity contribution >= 4 is 11.7 Å². The molecule has 4 rings (SSSR count). The van der Waals surface area contributed by atoms with Crippen molar-refractivity contribution in [1.29, 1.82) is 0 Å². The monoisotopic (exact) mass is 369 g/mol. The van der Waals surface area contributed by atoms with Gasteiger partial charge in [0.25, 0.3) is 0 Å². The van der Waals surface area contributed by atoms with Crippen LogP contribution >= 0.6 is 0 Å². The van der Waals surface area contributed by atoms with Crippen LogP contribution in [-0.2, 0) is 0 Å². The van der Waals surface area contributed by atoms with Crippen molar-refractivity contribution in [3.05, 3.63) is 90.5 Å². The van der Waals surface area contributed by atoms with Crippen LogP contribution in [0.1, 0.15) is 12.5 Å². The quantitative estimate of drug-likeness (QED) is 0.357. The van der Waals surface area contributed by atoms with Gasteiger partial charge >= 0.3 is 6.01 Å². The molecule has 3 aromatic carbocycles. The number of nitrogens with zero attached hydrogens (tertiary/aromatic N) is 2. The average molecular weight is 369 g/mol. The molecule has 0 aliphatic heterocycles. The summed E-state index contributed by atoms with van der Waals surface area (Å²) in [6.45, 7) is 1.81. The molecule has 2 N–H and O–H groups in total. The zero-order valence-electron chi connectivity index (χ0n) is 15.3. The first-order valence-corrected chi connectivity index (χ1v) is 8.92. The lowest BCUT2D eigenvalue weighted by atomic mass is 10.1. The van der Waals surface area contributed by atoms with Gasteiger partial charge in [0.05, 0.1) is 5.71 Å². The first-order valence-electron chi connectivity index (χ1n) is 8.92. The van der Waals surface area contributed by atoms with Crippen LogP contribution in [0.4, 0.5) is 6.01 Å². The van der Waals surface area contributed by atoms with Crippen LogP contribution in [0.2, 0.25) is 0 Å². The predicted octanol–water partition coefficient (Wildman–Crippen LogP) is 5.55. The second-order valence-electron chi connectivity index (χ2n) is 6.25. The topological polar surface area (TPSA) is 70.7 Å². The zero-order chi connectivity index (χ0) is 19.3. The molecule has 0 unspecified atom stereocenters. The SMILES string of the molecule is C/C(=N\Nc1nc(-c2ccccc2)c(-c2ccccc2)o1)c1ccccc1O. The number of rotatable bonds is 5. The van der Waals surface area contributed by atoms with Crippen molar-refractivity contribution in [2.45, 2.75) is 6.92 Å². The molecule has 0 atom stereocenters. The molecule has 0 aliphatic carbocycles. The van der Waals surface area contributed by atoms with Crippen LogP contribution in [0.3, 0.4) is 0 Å². The van der Waals surface area contributed by atoms with Gasteiger partial charge in [-0.25, -0.2) is 5.43 Å². The molecule has 0 spiro atoms. The van der Waals surface area contributed by atoms with Crippen LogP contribution in [0.25, 0.3) is 22.6 Å². The maximum absolute atomic E-state index is 9.98. The van der Waals surface area contributed by atoms with Crippen LogP contribution in [-0.4, -0.2) is 15.8 Å². The van der Waals surface area contributed by atoms with E-state index in [9.17, 15) is 5.11 Å². The van der Waals surface area contributed by atoms with Gasteiger partial charge in [-0.15, -0.1) is 0 Å². The van der Waals surface area contributed by atoms with Crippen LogP contribution in [0.15, 0.2) is 94.4 Å². The number of hydrogen-bond acceptors (Lipinski definition) is 5. The van der Waals surface area contributed by atoms with Gasteiger partial charge < -0.3 is 9.52 Å². The zero-order valence-corrected chi connectivity index (χ0v) is 15.3. The van der Waals surface area contributed by atoms with Crippen molar-refractivity contribution in [2.24, 2.45) is 5.10 Å². The Bertz CT molecular complexity index is 1050. The number of hydrazone groups is 1. The van der Waals surface area contributed by atoms with Gasteiger partial charge in [0.1, 0.15) is 11.4 Å². The minimum Gasteiger partial charge on any atom is -0.507 e. The fraction of sp³-hybridized carbons (Fsp3) is 0.0435. The summed E-state index contributed by atoms with van der Waals surface area (Å²) in [5, 5.41) is 14.3. The lowest BCUT2D eigenvalue weighted by Crippen LogP contribution is -2.00. The summed E-state index contributed by atoms with van der Waals surface area (Å²) in [6.07, 6.45) is 0. The van der Waals surface area contributed by atoms with Crippen molar-refractivity contribution in [3.8, 4) is 28.3 Å². The predicted molar refractivity (Wildman–Crippen MR) is 111 cm³/mol. The minimum atomic E-state index is 0.174. The Morgan fingerprint density at radius 1 is 0.857 bits per heavy atom. The van der Waals surface area contributed by atoms with E-state index in [1.807, 2.05) is 66.7 Å². The van der Waals surface area contributed by atoms with Gasteiger partial charge in [0.15, 0.2) is 5.76 Å². The third-order valence-electron chi connectivity index (χ3n) is 4.32. The summed E-state index contributed by atoms with van der Waals surface area (Å²) in [5.41, 5.74) is 6.77. The molecular weight excluding hydrogens is 350 g/mol. The summed E-state index contributed by atoms with van der Waals surface area (Å²) in [6, 6.07) is 27.0. The number of benzene rings is 3. The van der Waals surface area contributed by atoms with Crippen LogP contribution in [0.5, 0.6) is 5.75 Å². The lowest BCUT2D eigenvalue weighted by molar-refractivity contribution is 0.474. The number of hydrogen-bond donors (Lipinski definition) is 2. The minimum absolute atomic E-state index is 0.174. The second-order valence-corrected chi connectivity index (χ2v) is 6.25. The van der Waals surface area contributed by atoms with E-state index in [-0.39, 0.29) is 11.8 Å². The normalized spacial score (nSPS) is 11.4. The van der Waals surface area contributed by atoms with Gasteiger partial charge in [-0.3, -0.25) is 0 Å². The first-order chi connectivity index (χ1) is 13.7. The lowest BCUT2D eigenvalue weighted by Gasteiger charge is -2.03. The first kappa shape index (κ1) is 17.5. The fourth-order valence-corrected chi connectivity index (χ4v) is 2.92. The number of nitrogens with one attached hydrogen (secondary N) is 1. The highest BCUT2D eigenvalue weighted by atomic mass is 16.4.